The van der Waals surface area contributed by atoms with Gasteiger partial charge in [-0.2, -0.15) is 0 Å². The SMILES string of the molecule is O=C1C(Cl)=C(c2ccc(F)cc2)C(=O)N1Cc1ccncc1. The van der Waals surface area contributed by atoms with E-state index >= 15 is 0 Å². The molecule has 0 aliphatic carbocycles. The van der Waals surface area contributed by atoms with Gasteiger partial charge in [-0.15, -0.1) is 0 Å². The second-order valence-electron chi connectivity index (χ2n) is 4.75. The van der Waals surface area contributed by atoms with E-state index < -0.39 is 17.6 Å². The standard InChI is InChI=1S/C16H10ClFN2O2/c17-14-13(11-1-3-12(18)4-2-11)15(21)20(16(14)22)9-10-5-7-19-8-6-10/h1-8H,9H2. The lowest BCUT2D eigenvalue weighted by Gasteiger charge is -2.14. The highest BCUT2D eigenvalue weighted by Gasteiger charge is 2.38. The number of benzene rings is 1. The largest absolute Gasteiger partial charge is 0.273 e. The molecule has 1 aliphatic rings. The molecule has 0 radical (unpaired) electrons. The Morgan fingerprint density at radius 3 is 2.27 bits per heavy atom. The number of nitrogens with zero attached hydrogens (tertiary/aromatic N) is 2. The zero-order chi connectivity index (χ0) is 15.7. The Bertz CT molecular complexity index is 772. The normalized spacial score (nSPS) is 14.9. The summed E-state index contributed by atoms with van der Waals surface area (Å²) in [5.41, 5.74) is 1.28. The summed E-state index contributed by atoms with van der Waals surface area (Å²) in [6, 6.07) is 8.71. The second-order valence-corrected chi connectivity index (χ2v) is 5.13. The molecule has 0 unspecified atom stereocenters. The number of rotatable bonds is 3. The van der Waals surface area contributed by atoms with Crippen LogP contribution < -0.4 is 0 Å². The van der Waals surface area contributed by atoms with Crippen molar-refractivity contribution in [1.29, 1.82) is 0 Å². The first-order chi connectivity index (χ1) is 10.6. The van der Waals surface area contributed by atoms with Crippen LogP contribution in [0, 0.1) is 5.82 Å². The van der Waals surface area contributed by atoms with Crippen LogP contribution in [0.5, 0.6) is 0 Å². The van der Waals surface area contributed by atoms with Gasteiger partial charge in [0.25, 0.3) is 11.8 Å². The predicted octanol–water partition coefficient (Wildman–Crippen LogP) is 2.74. The Balaban J connectivity index is 1.92. The van der Waals surface area contributed by atoms with Crippen molar-refractivity contribution in [3.05, 3.63) is 70.8 Å². The van der Waals surface area contributed by atoms with Crippen LogP contribution in [-0.4, -0.2) is 21.7 Å². The van der Waals surface area contributed by atoms with E-state index in [1.54, 1.807) is 24.5 Å². The molecule has 0 saturated heterocycles. The minimum Gasteiger partial charge on any atom is -0.269 e. The highest BCUT2D eigenvalue weighted by atomic mass is 35.5. The molecule has 22 heavy (non-hydrogen) atoms. The molecule has 0 fully saturated rings. The van der Waals surface area contributed by atoms with E-state index in [1.165, 1.54) is 24.3 Å². The highest BCUT2D eigenvalue weighted by molar-refractivity contribution is 6.55. The third-order valence-corrected chi connectivity index (χ3v) is 3.69. The summed E-state index contributed by atoms with van der Waals surface area (Å²) >= 11 is 6.02. The van der Waals surface area contributed by atoms with Crippen LogP contribution in [0.3, 0.4) is 0 Å². The van der Waals surface area contributed by atoms with Crippen molar-refractivity contribution in [1.82, 2.24) is 9.88 Å². The molecule has 0 spiro atoms. The predicted molar refractivity (Wildman–Crippen MR) is 79.0 cm³/mol. The van der Waals surface area contributed by atoms with Gasteiger partial charge in [0, 0.05) is 12.4 Å². The minimum absolute atomic E-state index is 0.0979. The Morgan fingerprint density at radius 2 is 1.64 bits per heavy atom. The van der Waals surface area contributed by atoms with Crippen LogP contribution in [0.25, 0.3) is 5.57 Å². The summed E-state index contributed by atoms with van der Waals surface area (Å²) in [6.45, 7) is 0.112. The van der Waals surface area contributed by atoms with E-state index in [2.05, 4.69) is 4.98 Å². The topological polar surface area (TPSA) is 50.3 Å². The molecule has 0 atom stereocenters. The van der Waals surface area contributed by atoms with E-state index in [0.29, 0.717) is 5.56 Å². The Morgan fingerprint density at radius 1 is 1.00 bits per heavy atom. The molecule has 3 rings (SSSR count). The van der Waals surface area contributed by atoms with Gasteiger partial charge in [-0.1, -0.05) is 23.7 Å². The van der Waals surface area contributed by atoms with E-state index in [4.69, 9.17) is 11.6 Å². The molecule has 1 aromatic carbocycles. The van der Waals surface area contributed by atoms with Crippen molar-refractivity contribution in [3.8, 4) is 0 Å². The zero-order valence-corrected chi connectivity index (χ0v) is 12.0. The van der Waals surface area contributed by atoms with Crippen molar-refractivity contribution >= 4 is 29.0 Å². The number of halogens is 2. The molecule has 2 aromatic rings. The molecule has 1 aromatic heterocycles. The molecule has 0 N–H and O–H groups in total. The fourth-order valence-electron chi connectivity index (χ4n) is 2.23. The van der Waals surface area contributed by atoms with Gasteiger partial charge in [-0.25, -0.2) is 4.39 Å². The Hall–Kier alpha value is -2.53. The molecule has 0 bridgehead atoms. The maximum atomic E-state index is 13.0. The summed E-state index contributed by atoms with van der Waals surface area (Å²) < 4.78 is 13.0. The average Bonchev–Trinajstić information content (AvgIpc) is 2.73. The van der Waals surface area contributed by atoms with Crippen LogP contribution in [-0.2, 0) is 16.1 Å². The van der Waals surface area contributed by atoms with Crippen LogP contribution in [0.4, 0.5) is 4.39 Å². The number of amides is 2. The van der Waals surface area contributed by atoms with E-state index in [9.17, 15) is 14.0 Å². The maximum absolute atomic E-state index is 13.0. The zero-order valence-electron chi connectivity index (χ0n) is 11.3. The number of aromatic nitrogens is 1. The van der Waals surface area contributed by atoms with Crippen molar-refractivity contribution < 1.29 is 14.0 Å². The molecule has 2 amide bonds. The van der Waals surface area contributed by atoms with Crippen molar-refractivity contribution in [2.75, 3.05) is 0 Å². The molecular formula is C16H10ClFN2O2. The van der Waals surface area contributed by atoms with E-state index in [1.807, 2.05) is 0 Å². The van der Waals surface area contributed by atoms with Gasteiger partial charge < -0.3 is 0 Å². The van der Waals surface area contributed by atoms with Gasteiger partial charge in [0.15, 0.2) is 0 Å². The van der Waals surface area contributed by atoms with Gasteiger partial charge in [0.05, 0.1) is 12.1 Å². The molecule has 6 heteroatoms. The van der Waals surface area contributed by atoms with Gasteiger partial charge in [0.2, 0.25) is 0 Å². The number of pyridine rings is 1. The Labute approximate surface area is 130 Å². The third-order valence-electron chi connectivity index (χ3n) is 3.33. The summed E-state index contributed by atoms with van der Waals surface area (Å²) in [7, 11) is 0. The van der Waals surface area contributed by atoms with Crippen molar-refractivity contribution in [2.45, 2.75) is 6.54 Å². The Kier molecular flexibility index (Phi) is 3.73. The monoisotopic (exact) mass is 316 g/mol. The summed E-state index contributed by atoms with van der Waals surface area (Å²) in [5.74, 6) is -1.47. The summed E-state index contributed by atoms with van der Waals surface area (Å²) in [5, 5.41) is -0.148. The average molecular weight is 317 g/mol. The van der Waals surface area contributed by atoms with Gasteiger partial charge in [-0.3, -0.25) is 19.5 Å². The van der Waals surface area contributed by atoms with Gasteiger partial charge in [0.1, 0.15) is 10.8 Å². The van der Waals surface area contributed by atoms with Crippen LogP contribution in [0.1, 0.15) is 11.1 Å². The van der Waals surface area contributed by atoms with E-state index in [0.717, 1.165) is 10.5 Å². The van der Waals surface area contributed by atoms with Crippen LogP contribution >= 0.6 is 11.6 Å². The smallest absolute Gasteiger partial charge is 0.269 e. The van der Waals surface area contributed by atoms with Crippen LogP contribution in [0.2, 0.25) is 0 Å². The first-order valence-electron chi connectivity index (χ1n) is 6.48. The number of hydrogen-bond donors (Lipinski definition) is 0. The maximum Gasteiger partial charge on any atom is 0.273 e. The van der Waals surface area contributed by atoms with Gasteiger partial charge in [-0.05, 0) is 35.4 Å². The third kappa shape index (κ3) is 2.51. The van der Waals surface area contributed by atoms with Crippen molar-refractivity contribution in [2.24, 2.45) is 0 Å². The molecule has 1 aliphatic heterocycles. The minimum atomic E-state index is -0.553. The van der Waals surface area contributed by atoms with E-state index in [-0.39, 0.29) is 17.2 Å². The molecular weight excluding hydrogens is 307 g/mol. The lowest BCUT2D eigenvalue weighted by molar-refractivity contribution is -0.137. The lowest BCUT2D eigenvalue weighted by atomic mass is 10.1. The summed E-state index contributed by atoms with van der Waals surface area (Å²) in [4.78, 5) is 29.6. The van der Waals surface area contributed by atoms with Gasteiger partial charge >= 0.3 is 0 Å². The van der Waals surface area contributed by atoms with Crippen molar-refractivity contribution in [3.63, 3.8) is 0 Å². The number of carbonyl (C=O) groups excluding carboxylic acids is 2. The fourth-order valence-corrected chi connectivity index (χ4v) is 2.52. The molecule has 4 nitrogen and oxygen atoms in total. The molecule has 2 heterocycles. The van der Waals surface area contributed by atoms with Crippen LogP contribution in [0.15, 0.2) is 53.8 Å². The molecule has 110 valence electrons. The first-order valence-corrected chi connectivity index (χ1v) is 6.86. The number of imide groups is 1. The number of carbonyl (C=O) groups is 2. The number of hydrogen-bond acceptors (Lipinski definition) is 3. The first kappa shape index (κ1) is 14.4. The summed E-state index contributed by atoms with van der Waals surface area (Å²) in [6.07, 6.45) is 3.16. The fraction of sp³-hybridized carbons (Fsp3) is 0.0625. The lowest BCUT2D eigenvalue weighted by Crippen LogP contribution is -2.30. The molecule has 0 saturated carbocycles. The second kappa shape index (κ2) is 5.69. The quantitative estimate of drug-likeness (QED) is 0.818. The highest BCUT2D eigenvalue weighted by Crippen LogP contribution is 2.32.